The number of halogens is 4. The molecular formula is C25H25F4N4O3+. The van der Waals surface area contributed by atoms with Gasteiger partial charge in [-0.25, -0.2) is 22.5 Å². The number of carbonyl (C=O) groups is 1. The lowest BCUT2D eigenvalue weighted by Crippen LogP contribution is -2.52. The number of carbonyl (C=O) groups excluding carboxylic acids is 1. The Kier molecular flexibility index (Phi) is 7.39. The second-order valence-electron chi connectivity index (χ2n) is 8.43. The zero-order valence-corrected chi connectivity index (χ0v) is 19.6. The topological polar surface area (TPSA) is 67.6 Å². The van der Waals surface area contributed by atoms with E-state index in [1.165, 1.54) is 36.2 Å². The standard InChI is InChI=1S/C25H24F4N4O3/c1-16(32-13-10-25(28,29)19(15-32)17-8-11-33(35-2)12-9-17)24(34)31-22-7-6-18(14-30-22)36-23-20(26)4-3-5-21(23)27/h3-9,11-12,14,16,19H,10,13,15H2,1-2H3/p+1/t16-,19+/m0/s1. The van der Waals surface area contributed by atoms with Crippen molar-refractivity contribution in [3.05, 3.63) is 78.3 Å². The molecule has 11 heteroatoms. The molecule has 1 amide bonds. The maximum Gasteiger partial charge on any atom is 0.257 e. The highest BCUT2D eigenvalue weighted by atomic mass is 19.3. The summed E-state index contributed by atoms with van der Waals surface area (Å²) in [6, 6.07) is 8.62. The Balaban J connectivity index is 1.40. The van der Waals surface area contributed by atoms with E-state index in [9.17, 15) is 22.4 Å². The van der Waals surface area contributed by atoms with Gasteiger partial charge in [-0.15, -0.1) is 0 Å². The molecule has 0 aliphatic carbocycles. The Morgan fingerprint density at radius 2 is 1.86 bits per heavy atom. The highest BCUT2D eigenvalue weighted by Crippen LogP contribution is 2.40. The summed E-state index contributed by atoms with van der Waals surface area (Å²) in [6.07, 6.45) is 3.94. The Bertz CT molecular complexity index is 1190. The van der Waals surface area contributed by atoms with E-state index in [1.807, 2.05) is 0 Å². The lowest BCUT2D eigenvalue weighted by Gasteiger charge is -2.40. The molecule has 0 bridgehead atoms. The molecule has 1 aromatic carbocycles. The van der Waals surface area contributed by atoms with E-state index in [2.05, 4.69) is 10.3 Å². The van der Waals surface area contributed by atoms with Crippen molar-refractivity contribution in [2.45, 2.75) is 31.2 Å². The number of benzene rings is 1. The normalized spacial score (nSPS) is 18.3. The highest BCUT2D eigenvalue weighted by molar-refractivity contribution is 5.93. The number of likely N-dealkylation sites (tertiary alicyclic amines) is 1. The van der Waals surface area contributed by atoms with E-state index < -0.39 is 41.2 Å². The molecule has 7 nitrogen and oxygen atoms in total. The summed E-state index contributed by atoms with van der Waals surface area (Å²) in [5.74, 6) is -6.45. The Hall–Kier alpha value is -3.73. The molecule has 190 valence electrons. The third-order valence-electron chi connectivity index (χ3n) is 6.15. The number of anilines is 1. The monoisotopic (exact) mass is 505 g/mol. The van der Waals surface area contributed by atoms with Crippen LogP contribution in [0.25, 0.3) is 0 Å². The van der Waals surface area contributed by atoms with E-state index in [1.54, 1.807) is 36.4 Å². The van der Waals surface area contributed by atoms with Crippen molar-refractivity contribution < 1.29 is 36.7 Å². The van der Waals surface area contributed by atoms with Crippen molar-refractivity contribution in [1.29, 1.82) is 0 Å². The number of alkyl halides is 2. The zero-order valence-electron chi connectivity index (χ0n) is 19.6. The number of aromatic nitrogens is 2. The number of piperidine rings is 1. The first-order valence-corrected chi connectivity index (χ1v) is 11.2. The maximum atomic E-state index is 14.7. The first-order valence-electron chi connectivity index (χ1n) is 11.2. The molecule has 2 aromatic heterocycles. The second kappa shape index (κ2) is 10.5. The van der Waals surface area contributed by atoms with Crippen LogP contribution in [0, 0.1) is 11.6 Å². The average molecular weight is 505 g/mol. The summed E-state index contributed by atoms with van der Waals surface area (Å²) in [7, 11) is 1.47. The van der Waals surface area contributed by atoms with Gasteiger partial charge in [-0.1, -0.05) is 6.07 Å². The van der Waals surface area contributed by atoms with E-state index in [4.69, 9.17) is 9.57 Å². The van der Waals surface area contributed by atoms with Crippen LogP contribution >= 0.6 is 0 Å². The summed E-state index contributed by atoms with van der Waals surface area (Å²) in [5, 5.41) is 2.64. The largest absolute Gasteiger partial charge is 0.450 e. The number of hydrogen-bond donors (Lipinski definition) is 1. The first-order chi connectivity index (χ1) is 17.2. The number of para-hydroxylation sites is 1. The van der Waals surface area contributed by atoms with Crippen LogP contribution in [-0.4, -0.2) is 48.0 Å². The second-order valence-corrected chi connectivity index (χ2v) is 8.43. The summed E-state index contributed by atoms with van der Waals surface area (Å²) < 4.78 is 63.6. The fourth-order valence-electron chi connectivity index (χ4n) is 4.01. The van der Waals surface area contributed by atoms with Gasteiger partial charge in [0.1, 0.15) is 18.7 Å². The summed E-state index contributed by atoms with van der Waals surface area (Å²) in [5.41, 5.74) is 0.453. The zero-order chi connectivity index (χ0) is 25.9. The van der Waals surface area contributed by atoms with Crippen molar-refractivity contribution in [3.8, 4) is 11.5 Å². The Morgan fingerprint density at radius 3 is 2.47 bits per heavy atom. The predicted octanol–water partition coefficient (Wildman–Crippen LogP) is 3.95. The third-order valence-corrected chi connectivity index (χ3v) is 6.15. The van der Waals surface area contributed by atoms with Crippen LogP contribution in [0.1, 0.15) is 24.8 Å². The molecule has 1 N–H and O–H groups in total. The molecule has 0 unspecified atom stereocenters. The van der Waals surface area contributed by atoms with Gasteiger partial charge in [-0.3, -0.25) is 14.5 Å². The van der Waals surface area contributed by atoms with E-state index >= 15 is 0 Å². The lowest BCUT2D eigenvalue weighted by molar-refractivity contribution is -0.885. The van der Waals surface area contributed by atoms with Gasteiger partial charge in [0, 0.05) is 36.4 Å². The number of ether oxygens (including phenoxy) is 1. The first kappa shape index (κ1) is 25.4. The molecule has 0 spiro atoms. The molecule has 36 heavy (non-hydrogen) atoms. The summed E-state index contributed by atoms with van der Waals surface area (Å²) in [6.45, 7) is 1.68. The molecule has 1 aliphatic heterocycles. The van der Waals surface area contributed by atoms with Crippen LogP contribution in [0.4, 0.5) is 23.4 Å². The van der Waals surface area contributed by atoms with Crippen LogP contribution in [-0.2, 0) is 4.79 Å². The maximum absolute atomic E-state index is 14.7. The molecule has 1 aliphatic rings. The smallest absolute Gasteiger partial charge is 0.257 e. The van der Waals surface area contributed by atoms with Gasteiger partial charge in [0.05, 0.1) is 18.2 Å². The minimum Gasteiger partial charge on any atom is -0.450 e. The van der Waals surface area contributed by atoms with Crippen LogP contribution in [0.2, 0.25) is 0 Å². The molecule has 3 heterocycles. The average Bonchev–Trinajstić information content (AvgIpc) is 2.87. The fraction of sp³-hybridized carbons (Fsp3) is 0.320. The van der Waals surface area contributed by atoms with Crippen LogP contribution < -0.4 is 19.6 Å². The number of nitrogens with zero attached hydrogens (tertiary/aromatic N) is 3. The number of rotatable bonds is 7. The number of hydrogen-bond acceptors (Lipinski definition) is 5. The molecule has 3 aromatic rings. The number of nitrogens with one attached hydrogen (secondary N) is 1. The number of amides is 1. The highest BCUT2D eigenvalue weighted by Gasteiger charge is 2.46. The van der Waals surface area contributed by atoms with E-state index in [0.29, 0.717) is 5.56 Å². The van der Waals surface area contributed by atoms with Gasteiger partial charge in [0.15, 0.2) is 17.4 Å². The number of pyridine rings is 2. The molecule has 1 fully saturated rings. The fourth-order valence-corrected chi connectivity index (χ4v) is 4.01. The summed E-state index contributed by atoms with van der Waals surface area (Å²) in [4.78, 5) is 23.6. The van der Waals surface area contributed by atoms with Crippen LogP contribution in [0.5, 0.6) is 11.5 Å². The minimum atomic E-state index is -2.92. The lowest BCUT2D eigenvalue weighted by atomic mass is 9.87. The third kappa shape index (κ3) is 5.56. The van der Waals surface area contributed by atoms with Gasteiger partial charge < -0.3 is 10.1 Å². The van der Waals surface area contributed by atoms with Gasteiger partial charge in [-0.05, 0) is 36.8 Å². The summed E-state index contributed by atoms with van der Waals surface area (Å²) >= 11 is 0. The van der Waals surface area contributed by atoms with Gasteiger partial charge in [-0.2, -0.15) is 0 Å². The Labute approximate surface area is 205 Å². The van der Waals surface area contributed by atoms with Gasteiger partial charge in [0.25, 0.3) is 5.92 Å². The molecular weight excluding hydrogens is 480 g/mol. The molecule has 4 rings (SSSR count). The minimum absolute atomic E-state index is 0.00695. The van der Waals surface area contributed by atoms with Crippen LogP contribution in [0.15, 0.2) is 61.1 Å². The van der Waals surface area contributed by atoms with E-state index in [-0.39, 0.29) is 31.1 Å². The van der Waals surface area contributed by atoms with Crippen molar-refractivity contribution in [1.82, 2.24) is 9.88 Å². The van der Waals surface area contributed by atoms with Crippen molar-refractivity contribution in [2.24, 2.45) is 0 Å². The van der Waals surface area contributed by atoms with Crippen molar-refractivity contribution in [3.63, 3.8) is 0 Å². The van der Waals surface area contributed by atoms with Gasteiger partial charge in [0.2, 0.25) is 18.3 Å². The van der Waals surface area contributed by atoms with E-state index in [0.717, 1.165) is 12.1 Å². The quantitative estimate of drug-likeness (QED) is 0.389. The Morgan fingerprint density at radius 1 is 1.17 bits per heavy atom. The molecule has 1 saturated heterocycles. The van der Waals surface area contributed by atoms with Crippen molar-refractivity contribution in [2.75, 3.05) is 25.5 Å². The molecule has 2 atom stereocenters. The van der Waals surface area contributed by atoms with Gasteiger partial charge >= 0.3 is 0 Å². The molecule has 0 radical (unpaired) electrons. The molecule has 0 saturated carbocycles. The predicted molar refractivity (Wildman–Crippen MR) is 122 cm³/mol. The van der Waals surface area contributed by atoms with Crippen LogP contribution in [0.3, 0.4) is 0 Å². The van der Waals surface area contributed by atoms with Crippen molar-refractivity contribution >= 4 is 11.7 Å². The SMILES string of the molecule is CO[n+]1ccc([C@H]2CN([C@@H](C)C(=O)Nc3ccc(Oc4c(F)cccc4F)cn3)CCC2(F)F)cc1.